The highest BCUT2D eigenvalue weighted by Crippen LogP contribution is 2.33. The second-order valence-corrected chi connectivity index (χ2v) is 9.38. The fourth-order valence-corrected chi connectivity index (χ4v) is 5.38. The number of aromatic nitrogens is 2. The van der Waals surface area contributed by atoms with Crippen LogP contribution in [0.25, 0.3) is 0 Å². The lowest BCUT2D eigenvalue weighted by atomic mass is 10.00. The summed E-state index contributed by atoms with van der Waals surface area (Å²) in [5, 5.41) is 0.919. The minimum absolute atomic E-state index is 0.0973. The topological polar surface area (TPSA) is 67.8 Å². The highest BCUT2D eigenvalue weighted by atomic mass is 35.5. The number of piperidine rings is 1. The van der Waals surface area contributed by atoms with Crippen LogP contribution in [-0.4, -0.2) is 65.2 Å². The van der Waals surface area contributed by atoms with Gasteiger partial charge in [0.25, 0.3) is 0 Å². The van der Waals surface area contributed by atoms with Gasteiger partial charge in [-0.1, -0.05) is 47.6 Å². The van der Waals surface area contributed by atoms with Crippen LogP contribution < -0.4 is 4.90 Å². The number of rotatable bonds is 4. The lowest BCUT2D eigenvalue weighted by Gasteiger charge is -2.38. The summed E-state index contributed by atoms with van der Waals surface area (Å²) in [5.41, 5.74) is 2.56. The van der Waals surface area contributed by atoms with Crippen molar-refractivity contribution in [1.82, 2.24) is 14.9 Å². The number of anilines is 1. The van der Waals surface area contributed by atoms with Crippen LogP contribution in [0.4, 0.5) is 5.82 Å². The highest BCUT2D eigenvalue weighted by molar-refractivity contribution is 7.99. The number of ether oxygens (including phenoxy) is 2. The molecule has 9 heteroatoms. The minimum atomic E-state index is -0.426. The van der Waals surface area contributed by atoms with E-state index in [1.165, 1.54) is 22.9 Å². The lowest BCUT2D eigenvalue weighted by Crippen LogP contribution is -2.45. The van der Waals surface area contributed by atoms with Gasteiger partial charge in [0.15, 0.2) is 10.9 Å². The van der Waals surface area contributed by atoms with E-state index in [9.17, 15) is 4.79 Å². The molecule has 7 nitrogen and oxygen atoms in total. The highest BCUT2D eigenvalue weighted by Gasteiger charge is 2.40. The zero-order valence-electron chi connectivity index (χ0n) is 17.3. The number of carbonyl (C=O) groups is 1. The Bertz CT molecular complexity index is 960. The van der Waals surface area contributed by atoms with Gasteiger partial charge < -0.3 is 19.3 Å². The molecule has 0 aliphatic carbocycles. The minimum Gasteiger partial charge on any atom is -0.356 e. The number of amides is 1. The molecule has 164 valence electrons. The predicted molar refractivity (Wildman–Crippen MR) is 119 cm³/mol. The summed E-state index contributed by atoms with van der Waals surface area (Å²) >= 11 is 7.61. The molecule has 2 saturated heterocycles. The van der Waals surface area contributed by atoms with E-state index in [4.69, 9.17) is 21.1 Å². The van der Waals surface area contributed by atoms with Gasteiger partial charge in [0.05, 0.1) is 19.0 Å². The molecule has 1 amide bonds. The van der Waals surface area contributed by atoms with Gasteiger partial charge in [0.2, 0.25) is 5.91 Å². The van der Waals surface area contributed by atoms with Crippen molar-refractivity contribution in [3.63, 3.8) is 0 Å². The lowest BCUT2D eigenvalue weighted by molar-refractivity contribution is -0.169. The Morgan fingerprint density at radius 3 is 2.61 bits per heavy atom. The monoisotopic (exact) mass is 460 g/mol. The molecule has 5 rings (SSSR count). The third-order valence-corrected chi connectivity index (χ3v) is 7.16. The Balaban J connectivity index is 1.19. The van der Waals surface area contributed by atoms with Gasteiger partial charge in [0, 0.05) is 45.1 Å². The molecule has 1 aromatic heterocycles. The molecular formula is C22H25ClN4O3S. The summed E-state index contributed by atoms with van der Waals surface area (Å²) in [7, 11) is 0. The summed E-state index contributed by atoms with van der Waals surface area (Å²) in [6.45, 7) is 4.30. The molecule has 2 fully saturated rings. The third-order valence-electron chi connectivity index (χ3n) is 6.13. The molecule has 0 atom stereocenters. The summed E-state index contributed by atoms with van der Waals surface area (Å²) < 4.78 is 11.6. The second-order valence-electron chi connectivity index (χ2n) is 8.05. The van der Waals surface area contributed by atoms with Gasteiger partial charge >= 0.3 is 0 Å². The van der Waals surface area contributed by atoms with Gasteiger partial charge in [-0.25, -0.2) is 9.97 Å². The first kappa shape index (κ1) is 21.0. The maximum absolute atomic E-state index is 12.8. The molecule has 1 aromatic carbocycles. The molecule has 0 N–H and O–H groups in total. The maximum atomic E-state index is 12.8. The molecule has 1 spiro atoms. The third kappa shape index (κ3) is 4.67. The van der Waals surface area contributed by atoms with E-state index >= 15 is 0 Å². The number of nitrogens with zero attached hydrogens (tertiary/aromatic N) is 4. The van der Waals surface area contributed by atoms with Crippen LogP contribution in [0.1, 0.15) is 24.0 Å². The smallest absolute Gasteiger partial charge is 0.233 e. The quantitative estimate of drug-likeness (QED) is 0.394. The first-order valence-corrected chi connectivity index (χ1v) is 12.0. The standard InChI is InChI=1S/C22H25ClN4O3S/c23-18-13-19(26-9-6-22(7-10-26)29-11-12-30-22)25-21(24-18)31-15-20(28)27-8-5-16-3-1-2-4-17(16)14-27/h1-4,13H,5-12,14-15H2. The van der Waals surface area contributed by atoms with Crippen molar-refractivity contribution in [2.75, 3.05) is 43.5 Å². The summed E-state index contributed by atoms with van der Waals surface area (Å²) in [6, 6.07) is 10.1. The van der Waals surface area contributed by atoms with Crippen molar-refractivity contribution >= 4 is 35.1 Å². The van der Waals surface area contributed by atoms with Gasteiger partial charge in [-0.3, -0.25) is 4.79 Å². The van der Waals surface area contributed by atoms with Crippen LogP contribution in [-0.2, 0) is 27.2 Å². The first-order chi connectivity index (χ1) is 15.1. The Hall–Kier alpha value is -1.87. The number of hydrogen-bond donors (Lipinski definition) is 0. The molecular weight excluding hydrogens is 436 g/mol. The second kappa shape index (κ2) is 8.94. The molecule has 0 bridgehead atoms. The van der Waals surface area contributed by atoms with Crippen LogP contribution >= 0.6 is 23.4 Å². The van der Waals surface area contributed by atoms with E-state index in [2.05, 4.69) is 33.1 Å². The molecule has 31 heavy (non-hydrogen) atoms. The molecule has 0 saturated carbocycles. The fraction of sp³-hybridized carbons (Fsp3) is 0.500. The van der Waals surface area contributed by atoms with Crippen molar-refractivity contribution in [2.45, 2.75) is 36.8 Å². The van der Waals surface area contributed by atoms with Crippen LogP contribution in [0.3, 0.4) is 0 Å². The fourth-order valence-electron chi connectivity index (χ4n) is 4.40. The van der Waals surface area contributed by atoms with Gasteiger partial charge in [-0.2, -0.15) is 0 Å². The zero-order valence-corrected chi connectivity index (χ0v) is 18.8. The average molecular weight is 461 g/mol. The Kier molecular flexibility index (Phi) is 6.05. The first-order valence-electron chi connectivity index (χ1n) is 10.7. The predicted octanol–water partition coefficient (Wildman–Crippen LogP) is 3.15. The number of benzene rings is 1. The van der Waals surface area contributed by atoms with E-state index in [0.29, 0.717) is 35.8 Å². The zero-order chi connectivity index (χ0) is 21.3. The normalized spacial score (nSPS) is 20.2. The molecule has 2 aromatic rings. The average Bonchev–Trinajstić information content (AvgIpc) is 3.25. The van der Waals surface area contributed by atoms with Crippen molar-refractivity contribution in [3.8, 4) is 0 Å². The van der Waals surface area contributed by atoms with Crippen LogP contribution in [0.2, 0.25) is 5.15 Å². The van der Waals surface area contributed by atoms with Gasteiger partial charge in [0.1, 0.15) is 11.0 Å². The van der Waals surface area contributed by atoms with Crippen LogP contribution in [0, 0.1) is 0 Å². The van der Waals surface area contributed by atoms with Gasteiger partial charge in [-0.15, -0.1) is 0 Å². The Morgan fingerprint density at radius 1 is 1.10 bits per heavy atom. The molecule has 3 aliphatic heterocycles. The van der Waals surface area contributed by atoms with E-state index in [1.807, 2.05) is 11.0 Å². The summed E-state index contributed by atoms with van der Waals surface area (Å²) in [6.07, 6.45) is 2.49. The molecule has 0 unspecified atom stereocenters. The number of carbonyl (C=O) groups excluding carboxylic acids is 1. The van der Waals surface area contributed by atoms with Crippen molar-refractivity contribution in [2.24, 2.45) is 0 Å². The van der Waals surface area contributed by atoms with Crippen molar-refractivity contribution in [1.29, 1.82) is 0 Å². The van der Waals surface area contributed by atoms with E-state index in [1.54, 1.807) is 6.07 Å². The number of halogens is 1. The van der Waals surface area contributed by atoms with Crippen LogP contribution in [0.15, 0.2) is 35.5 Å². The Morgan fingerprint density at radius 2 is 1.84 bits per heavy atom. The number of hydrogen-bond acceptors (Lipinski definition) is 7. The van der Waals surface area contributed by atoms with E-state index in [0.717, 1.165) is 44.7 Å². The van der Waals surface area contributed by atoms with E-state index < -0.39 is 5.79 Å². The molecule has 4 heterocycles. The van der Waals surface area contributed by atoms with Crippen LogP contribution in [0.5, 0.6) is 0 Å². The summed E-state index contributed by atoms with van der Waals surface area (Å²) in [4.78, 5) is 25.9. The Labute approximate surface area is 191 Å². The number of fused-ring (bicyclic) bond motifs is 1. The SMILES string of the molecule is O=C(CSc1nc(Cl)cc(N2CCC3(CC2)OCCO3)n1)N1CCc2ccccc2C1. The maximum Gasteiger partial charge on any atom is 0.233 e. The number of thioether (sulfide) groups is 1. The largest absolute Gasteiger partial charge is 0.356 e. The van der Waals surface area contributed by atoms with Gasteiger partial charge in [-0.05, 0) is 17.5 Å². The molecule has 0 radical (unpaired) electrons. The van der Waals surface area contributed by atoms with E-state index in [-0.39, 0.29) is 5.91 Å². The molecule has 3 aliphatic rings. The van der Waals surface area contributed by atoms with Crippen molar-refractivity contribution in [3.05, 3.63) is 46.6 Å². The summed E-state index contributed by atoms with van der Waals surface area (Å²) in [5.74, 6) is 0.756. The van der Waals surface area contributed by atoms with Crippen molar-refractivity contribution < 1.29 is 14.3 Å².